The van der Waals surface area contributed by atoms with E-state index in [-0.39, 0.29) is 5.41 Å². The van der Waals surface area contributed by atoms with Crippen LogP contribution in [0.25, 0.3) is 97.1 Å². The highest BCUT2D eigenvalue weighted by atomic mass is 32.1. The molecule has 0 saturated carbocycles. The SMILES string of the molecule is CC1(C)c2ccccc2-c2ccc(N(c3cccc4ccccc34)c3ccc(-c4cccc5c4sc4ccccc45)c4c3oc3ccc5oc6ccccc6c5c34)cc21. The molecule has 0 bridgehead atoms. The highest BCUT2D eigenvalue weighted by Gasteiger charge is 2.36. The largest absolute Gasteiger partial charge is 0.456 e. The van der Waals surface area contributed by atoms with E-state index in [2.05, 4.69) is 189 Å². The molecule has 0 radical (unpaired) electrons. The van der Waals surface area contributed by atoms with Gasteiger partial charge in [-0.2, -0.15) is 0 Å². The van der Waals surface area contributed by atoms with Crippen LogP contribution in [0.1, 0.15) is 25.0 Å². The molecule has 1 aliphatic rings. The molecule has 278 valence electrons. The lowest BCUT2D eigenvalue weighted by Crippen LogP contribution is -2.16. The average molecular weight is 774 g/mol. The van der Waals surface area contributed by atoms with E-state index in [4.69, 9.17) is 8.83 Å². The molecule has 9 aromatic carbocycles. The van der Waals surface area contributed by atoms with Crippen LogP contribution in [0.4, 0.5) is 17.1 Å². The highest BCUT2D eigenvalue weighted by molar-refractivity contribution is 7.26. The Labute approximate surface area is 344 Å². The molecule has 0 N–H and O–H groups in total. The molecule has 1 aliphatic carbocycles. The minimum atomic E-state index is -0.165. The summed E-state index contributed by atoms with van der Waals surface area (Å²) >= 11 is 1.86. The second kappa shape index (κ2) is 12.0. The van der Waals surface area contributed by atoms with Gasteiger partial charge in [-0.25, -0.2) is 0 Å². The minimum Gasteiger partial charge on any atom is -0.456 e. The van der Waals surface area contributed by atoms with Gasteiger partial charge in [0.15, 0.2) is 5.58 Å². The summed E-state index contributed by atoms with van der Waals surface area (Å²) in [4.78, 5) is 2.43. The molecular formula is C55H35NO2S. The number of thiophene rings is 1. The second-order valence-electron chi connectivity index (χ2n) is 16.4. The van der Waals surface area contributed by atoms with Crippen LogP contribution in [0.5, 0.6) is 0 Å². The average Bonchev–Trinajstić information content (AvgIpc) is 4.02. The van der Waals surface area contributed by atoms with Crippen LogP contribution >= 0.6 is 11.3 Å². The van der Waals surface area contributed by atoms with Crippen molar-refractivity contribution in [2.45, 2.75) is 19.3 Å². The molecule has 59 heavy (non-hydrogen) atoms. The molecule has 0 fully saturated rings. The standard InChI is InChI=1S/C55H35NO2S/c1-55(2)42-21-8-5-16-35(42)36-26-25-33(31-43(36)55)56(44-22-11-14-32-13-3-4-15-34(32)44)45-28-27-38(40-20-12-19-39-37-17-7-10-24-49(37)59-54(39)40)51-52-48(58-53(45)51)30-29-47-50(52)41-18-6-9-23-46(41)57-47/h3-31H,1-2H3. The number of nitrogens with zero attached hydrogens (tertiary/aromatic N) is 1. The third kappa shape index (κ3) is 4.52. The first-order valence-corrected chi connectivity index (χ1v) is 21.1. The first-order chi connectivity index (χ1) is 29.0. The number of hydrogen-bond donors (Lipinski definition) is 0. The molecule has 0 atom stereocenters. The summed E-state index contributed by atoms with van der Waals surface area (Å²) in [5.41, 5.74) is 14.0. The first kappa shape index (κ1) is 32.9. The van der Waals surface area contributed by atoms with E-state index in [9.17, 15) is 0 Å². The Morgan fingerprint density at radius 2 is 1.12 bits per heavy atom. The first-order valence-electron chi connectivity index (χ1n) is 20.3. The zero-order valence-electron chi connectivity index (χ0n) is 32.4. The van der Waals surface area contributed by atoms with Crippen LogP contribution in [0.2, 0.25) is 0 Å². The monoisotopic (exact) mass is 773 g/mol. The number of para-hydroxylation sites is 1. The Morgan fingerprint density at radius 3 is 2.03 bits per heavy atom. The summed E-state index contributed by atoms with van der Waals surface area (Å²) in [6, 6.07) is 63.8. The maximum Gasteiger partial charge on any atom is 0.160 e. The van der Waals surface area contributed by atoms with Crippen molar-refractivity contribution < 1.29 is 8.83 Å². The summed E-state index contributed by atoms with van der Waals surface area (Å²) in [6.45, 7) is 4.70. The van der Waals surface area contributed by atoms with Gasteiger partial charge in [0.25, 0.3) is 0 Å². The van der Waals surface area contributed by atoms with Gasteiger partial charge in [-0.3, -0.25) is 0 Å². The van der Waals surface area contributed by atoms with Crippen molar-refractivity contribution >= 4 is 103 Å². The molecule has 0 amide bonds. The van der Waals surface area contributed by atoms with E-state index in [1.165, 1.54) is 58.8 Å². The van der Waals surface area contributed by atoms with Gasteiger partial charge in [-0.1, -0.05) is 141 Å². The van der Waals surface area contributed by atoms with Gasteiger partial charge in [0.2, 0.25) is 0 Å². The number of furan rings is 2. The second-order valence-corrected chi connectivity index (χ2v) is 17.4. The van der Waals surface area contributed by atoms with Crippen LogP contribution in [-0.4, -0.2) is 0 Å². The topological polar surface area (TPSA) is 29.5 Å². The summed E-state index contributed by atoms with van der Waals surface area (Å²) in [5.74, 6) is 0. The van der Waals surface area contributed by atoms with Crippen molar-refractivity contribution in [3.05, 3.63) is 187 Å². The van der Waals surface area contributed by atoms with Gasteiger partial charge < -0.3 is 13.7 Å². The van der Waals surface area contributed by atoms with Crippen molar-refractivity contribution in [1.82, 2.24) is 0 Å². The lowest BCUT2D eigenvalue weighted by molar-refractivity contribution is 0.660. The molecule has 0 saturated heterocycles. The van der Waals surface area contributed by atoms with Gasteiger partial charge >= 0.3 is 0 Å². The van der Waals surface area contributed by atoms with E-state index in [0.29, 0.717) is 0 Å². The third-order valence-electron chi connectivity index (χ3n) is 12.9. The van der Waals surface area contributed by atoms with Gasteiger partial charge in [-0.15, -0.1) is 11.3 Å². The Morgan fingerprint density at radius 1 is 0.441 bits per heavy atom. The van der Waals surface area contributed by atoms with Crippen LogP contribution in [0, 0.1) is 0 Å². The Bertz CT molecular complexity index is 3720. The third-order valence-corrected chi connectivity index (χ3v) is 14.1. The molecule has 3 heterocycles. The number of anilines is 3. The van der Waals surface area contributed by atoms with Crippen LogP contribution in [0.15, 0.2) is 185 Å². The van der Waals surface area contributed by atoms with Crippen molar-refractivity contribution in [3.63, 3.8) is 0 Å². The van der Waals surface area contributed by atoms with Gasteiger partial charge in [0.05, 0.1) is 11.4 Å². The Hall–Kier alpha value is -7.14. The minimum absolute atomic E-state index is 0.165. The molecule has 0 aliphatic heterocycles. The maximum atomic E-state index is 7.28. The molecule has 4 heteroatoms. The number of fused-ring (bicyclic) bond motifs is 14. The fraction of sp³-hybridized carbons (Fsp3) is 0.0545. The van der Waals surface area contributed by atoms with Crippen LogP contribution < -0.4 is 4.90 Å². The van der Waals surface area contributed by atoms with Crippen LogP contribution in [-0.2, 0) is 5.41 Å². The quantitative estimate of drug-likeness (QED) is 0.178. The molecule has 0 spiro atoms. The van der Waals surface area contributed by atoms with E-state index in [1.807, 2.05) is 17.4 Å². The normalized spacial score (nSPS) is 13.4. The highest BCUT2D eigenvalue weighted by Crippen LogP contribution is 2.54. The van der Waals surface area contributed by atoms with Crippen LogP contribution in [0.3, 0.4) is 0 Å². The molecule has 3 aromatic heterocycles. The van der Waals surface area contributed by atoms with Crippen molar-refractivity contribution in [2.75, 3.05) is 4.90 Å². The predicted molar refractivity (Wildman–Crippen MR) is 249 cm³/mol. The lowest BCUT2D eigenvalue weighted by atomic mass is 9.82. The Balaban J connectivity index is 1.17. The summed E-state index contributed by atoms with van der Waals surface area (Å²) in [6.07, 6.45) is 0. The fourth-order valence-electron chi connectivity index (χ4n) is 10.2. The van der Waals surface area contributed by atoms with Gasteiger partial charge in [0.1, 0.15) is 16.7 Å². The molecule has 3 nitrogen and oxygen atoms in total. The molecule has 0 unspecified atom stereocenters. The number of benzene rings is 9. The number of hydrogen-bond acceptors (Lipinski definition) is 4. The zero-order chi connectivity index (χ0) is 39.0. The van der Waals surface area contributed by atoms with Crippen molar-refractivity contribution in [1.29, 1.82) is 0 Å². The smallest absolute Gasteiger partial charge is 0.160 e. The van der Waals surface area contributed by atoms with Crippen molar-refractivity contribution in [2.24, 2.45) is 0 Å². The molecule has 12 aromatic rings. The van der Waals surface area contributed by atoms with E-state index >= 15 is 0 Å². The molecule has 13 rings (SSSR count). The molecular weight excluding hydrogens is 739 g/mol. The maximum absolute atomic E-state index is 7.28. The predicted octanol–water partition coefficient (Wildman–Crippen LogP) is 16.4. The van der Waals surface area contributed by atoms with Crippen molar-refractivity contribution in [3.8, 4) is 22.3 Å². The lowest BCUT2D eigenvalue weighted by Gasteiger charge is -2.29. The number of rotatable bonds is 4. The van der Waals surface area contributed by atoms with Gasteiger partial charge in [0, 0.05) is 63.8 Å². The van der Waals surface area contributed by atoms with E-state index in [0.717, 1.165) is 66.5 Å². The summed E-state index contributed by atoms with van der Waals surface area (Å²) < 4.78 is 16.4. The fourth-order valence-corrected chi connectivity index (χ4v) is 11.4. The zero-order valence-corrected chi connectivity index (χ0v) is 33.2. The van der Waals surface area contributed by atoms with E-state index < -0.39 is 0 Å². The summed E-state index contributed by atoms with van der Waals surface area (Å²) in [7, 11) is 0. The van der Waals surface area contributed by atoms with E-state index in [1.54, 1.807) is 0 Å². The Kier molecular flexibility index (Phi) is 6.66. The summed E-state index contributed by atoms with van der Waals surface area (Å²) in [5, 5.41) is 9.22. The van der Waals surface area contributed by atoms with Gasteiger partial charge in [-0.05, 0) is 81.7 Å².